The van der Waals surface area contributed by atoms with Crippen LogP contribution in [0.4, 0.5) is 5.69 Å². The molecule has 1 aliphatic rings. The second-order valence-electron chi connectivity index (χ2n) is 4.30. The molecule has 1 aromatic carbocycles. The lowest BCUT2D eigenvalue weighted by molar-refractivity contribution is 0.0819. The summed E-state index contributed by atoms with van der Waals surface area (Å²) in [5.41, 5.74) is 6.65. The summed E-state index contributed by atoms with van der Waals surface area (Å²) in [6.07, 6.45) is 0. The molecule has 6 nitrogen and oxygen atoms in total. The number of ether oxygens (including phenoxy) is 1. The summed E-state index contributed by atoms with van der Waals surface area (Å²) in [6.45, 7) is 1.08. The molecule has 0 spiro atoms. The molecule has 100 valence electrons. The lowest BCUT2D eigenvalue weighted by Gasteiger charge is -2.13. The molecule has 0 aliphatic carbocycles. The van der Waals surface area contributed by atoms with Crippen LogP contribution in [-0.2, 0) is 17.9 Å². The van der Waals surface area contributed by atoms with Gasteiger partial charge in [-0.25, -0.2) is 9.36 Å². The van der Waals surface area contributed by atoms with Crippen LogP contribution in [-0.4, -0.2) is 20.8 Å². The molecule has 2 aromatic rings. The monoisotopic (exact) mass is 281 g/mol. The third-order valence-electron chi connectivity index (χ3n) is 3.13. The first-order valence-corrected chi connectivity index (χ1v) is 6.14. The first-order chi connectivity index (χ1) is 9.09. The second-order valence-corrected chi connectivity index (χ2v) is 4.71. The van der Waals surface area contributed by atoms with Crippen molar-refractivity contribution in [3.63, 3.8) is 0 Å². The van der Waals surface area contributed by atoms with Gasteiger partial charge in [-0.1, -0.05) is 11.6 Å². The van der Waals surface area contributed by atoms with Crippen LogP contribution in [0.25, 0.3) is 5.69 Å². The predicted molar refractivity (Wildman–Crippen MR) is 70.8 cm³/mol. The van der Waals surface area contributed by atoms with Crippen LogP contribution in [0, 0.1) is 0 Å². The van der Waals surface area contributed by atoms with Gasteiger partial charge in [0.05, 0.1) is 30.5 Å². The zero-order chi connectivity index (χ0) is 13.6. The van der Waals surface area contributed by atoms with E-state index in [-0.39, 0.29) is 18.2 Å². The van der Waals surface area contributed by atoms with Gasteiger partial charge in [0.1, 0.15) is 5.69 Å². The molecule has 0 radical (unpaired) electrons. The van der Waals surface area contributed by atoms with Crippen LogP contribution in [0.15, 0.2) is 23.0 Å². The minimum atomic E-state index is -0.331. The van der Waals surface area contributed by atoms with Gasteiger partial charge < -0.3 is 15.6 Å². The average molecular weight is 282 g/mol. The quantitative estimate of drug-likeness (QED) is 0.767. The summed E-state index contributed by atoms with van der Waals surface area (Å²) >= 11 is 6.08. The van der Waals surface area contributed by atoms with Crippen molar-refractivity contribution in [2.45, 2.75) is 13.2 Å². The van der Waals surface area contributed by atoms with Gasteiger partial charge in [0.25, 0.3) is 0 Å². The Bertz CT molecular complexity index is 705. The van der Waals surface area contributed by atoms with E-state index in [1.807, 2.05) is 0 Å². The average Bonchev–Trinajstić information content (AvgIpc) is 2.64. The summed E-state index contributed by atoms with van der Waals surface area (Å²) in [5, 5.41) is 10.5. The number of imidazole rings is 1. The standard InChI is InChI=1S/C12H12ClN3O3/c13-8-5-7(14)1-2-9(8)16-11(17)10-6-19-4-3-15(10)12(16)18/h1-2,5,17H,3-4,6,14H2. The summed E-state index contributed by atoms with van der Waals surface area (Å²) in [4.78, 5) is 12.3. The van der Waals surface area contributed by atoms with E-state index < -0.39 is 0 Å². The number of halogens is 1. The van der Waals surface area contributed by atoms with Crippen LogP contribution in [0.1, 0.15) is 5.69 Å². The molecule has 0 amide bonds. The summed E-state index contributed by atoms with van der Waals surface area (Å²) in [7, 11) is 0. The Morgan fingerprint density at radius 1 is 1.42 bits per heavy atom. The second kappa shape index (κ2) is 4.32. The summed E-state index contributed by atoms with van der Waals surface area (Å²) in [6, 6.07) is 4.77. The molecule has 2 heterocycles. The molecule has 0 unspecified atom stereocenters. The maximum atomic E-state index is 12.3. The molecular formula is C12H12ClN3O3. The molecule has 0 bridgehead atoms. The van der Waals surface area contributed by atoms with Crippen molar-refractivity contribution in [2.24, 2.45) is 0 Å². The largest absolute Gasteiger partial charge is 0.493 e. The highest BCUT2D eigenvalue weighted by atomic mass is 35.5. The van der Waals surface area contributed by atoms with Crippen LogP contribution in [0.5, 0.6) is 5.88 Å². The number of nitrogens with zero attached hydrogens (tertiary/aromatic N) is 2. The van der Waals surface area contributed by atoms with Gasteiger partial charge in [-0.2, -0.15) is 0 Å². The topological polar surface area (TPSA) is 82.4 Å². The molecule has 0 atom stereocenters. The molecule has 7 heteroatoms. The van der Waals surface area contributed by atoms with Gasteiger partial charge in [-0.15, -0.1) is 0 Å². The molecule has 0 fully saturated rings. The fourth-order valence-electron chi connectivity index (χ4n) is 2.20. The van der Waals surface area contributed by atoms with E-state index in [0.717, 1.165) is 0 Å². The van der Waals surface area contributed by atoms with Crippen LogP contribution >= 0.6 is 11.6 Å². The number of nitrogen functional groups attached to an aromatic ring is 1. The van der Waals surface area contributed by atoms with Crippen LogP contribution < -0.4 is 11.4 Å². The zero-order valence-electron chi connectivity index (χ0n) is 9.97. The van der Waals surface area contributed by atoms with Crippen LogP contribution in [0.2, 0.25) is 5.02 Å². The zero-order valence-corrected chi connectivity index (χ0v) is 10.7. The maximum Gasteiger partial charge on any atom is 0.336 e. The molecule has 3 rings (SSSR count). The van der Waals surface area contributed by atoms with Crippen LogP contribution in [0.3, 0.4) is 0 Å². The summed E-state index contributed by atoms with van der Waals surface area (Å²) < 4.78 is 7.91. The molecule has 3 N–H and O–H groups in total. The Hall–Kier alpha value is -1.92. The number of aromatic hydroxyl groups is 1. The van der Waals surface area contributed by atoms with E-state index >= 15 is 0 Å². The third-order valence-corrected chi connectivity index (χ3v) is 3.43. The molecule has 0 saturated carbocycles. The highest BCUT2D eigenvalue weighted by Crippen LogP contribution is 2.28. The van der Waals surface area contributed by atoms with Crippen molar-refractivity contribution in [1.29, 1.82) is 0 Å². The smallest absolute Gasteiger partial charge is 0.336 e. The minimum absolute atomic E-state index is 0.142. The molecule has 0 saturated heterocycles. The van der Waals surface area contributed by atoms with E-state index in [4.69, 9.17) is 22.1 Å². The fraction of sp³-hybridized carbons (Fsp3) is 0.250. The Labute approximate surface area is 113 Å². The number of anilines is 1. The van der Waals surface area contributed by atoms with E-state index in [0.29, 0.717) is 35.2 Å². The van der Waals surface area contributed by atoms with E-state index in [2.05, 4.69) is 0 Å². The Morgan fingerprint density at radius 3 is 2.89 bits per heavy atom. The first-order valence-electron chi connectivity index (χ1n) is 5.76. The number of rotatable bonds is 1. The number of benzene rings is 1. The first kappa shape index (κ1) is 12.1. The number of hydrogen-bond acceptors (Lipinski definition) is 4. The normalized spacial score (nSPS) is 14.4. The number of fused-ring (bicyclic) bond motifs is 1. The SMILES string of the molecule is Nc1ccc(-n2c(O)c3n(c2=O)CCOC3)c(Cl)c1. The summed E-state index contributed by atoms with van der Waals surface area (Å²) in [5.74, 6) is -0.142. The minimum Gasteiger partial charge on any atom is -0.493 e. The van der Waals surface area contributed by atoms with Gasteiger partial charge in [0.2, 0.25) is 5.88 Å². The molecular weight excluding hydrogens is 270 g/mol. The predicted octanol–water partition coefficient (Wildman–Crippen LogP) is 1.11. The third kappa shape index (κ3) is 1.80. The number of nitrogens with two attached hydrogens (primary N) is 1. The van der Waals surface area contributed by atoms with E-state index in [1.54, 1.807) is 12.1 Å². The molecule has 1 aliphatic heterocycles. The lowest BCUT2D eigenvalue weighted by atomic mass is 10.3. The lowest BCUT2D eigenvalue weighted by Crippen LogP contribution is -2.28. The maximum absolute atomic E-state index is 12.3. The highest BCUT2D eigenvalue weighted by Gasteiger charge is 2.24. The van der Waals surface area contributed by atoms with Crippen molar-refractivity contribution in [3.8, 4) is 11.6 Å². The van der Waals surface area contributed by atoms with Gasteiger partial charge in [-0.05, 0) is 18.2 Å². The number of hydrogen-bond donors (Lipinski definition) is 2. The van der Waals surface area contributed by atoms with E-state index in [1.165, 1.54) is 15.2 Å². The fourth-order valence-corrected chi connectivity index (χ4v) is 2.47. The number of aromatic nitrogens is 2. The van der Waals surface area contributed by atoms with E-state index in [9.17, 15) is 9.90 Å². The van der Waals surface area contributed by atoms with Crippen molar-refractivity contribution >= 4 is 17.3 Å². The molecule has 19 heavy (non-hydrogen) atoms. The molecule has 1 aromatic heterocycles. The van der Waals surface area contributed by atoms with Gasteiger partial charge >= 0.3 is 5.69 Å². The Kier molecular flexibility index (Phi) is 2.76. The van der Waals surface area contributed by atoms with Crippen molar-refractivity contribution in [3.05, 3.63) is 39.4 Å². The van der Waals surface area contributed by atoms with Gasteiger partial charge in [0, 0.05) is 5.69 Å². The van der Waals surface area contributed by atoms with Gasteiger partial charge in [0.15, 0.2) is 0 Å². The Balaban J connectivity index is 2.26. The Morgan fingerprint density at radius 2 is 2.21 bits per heavy atom. The van der Waals surface area contributed by atoms with Crippen molar-refractivity contribution < 1.29 is 9.84 Å². The van der Waals surface area contributed by atoms with Crippen molar-refractivity contribution in [2.75, 3.05) is 12.3 Å². The van der Waals surface area contributed by atoms with Gasteiger partial charge in [-0.3, -0.25) is 4.57 Å². The highest BCUT2D eigenvalue weighted by molar-refractivity contribution is 6.32. The van der Waals surface area contributed by atoms with Crippen molar-refractivity contribution in [1.82, 2.24) is 9.13 Å².